The number of hydrogen-bond donors (Lipinski definition) is 0. The van der Waals surface area contributed by atoms with Crippen molar-refractivity contribution < 1.29 is 9.53 Å². The van der Waals surface area contributed by atoms with Crippen molar-refractivity contribution in [3.05, 3.63) is 33.8 Å². The molecule has 0 fully saturated rings. The van der Waals surface area contributed by atoms with Crippen molar-refractivity contribution in [3.8, 4) is 11.8 Å². The van der Waals surface area contributed by atoms with Gasteiger partial charge in [0.05, 0.1) is 7.11 Å². The molecule has 14 heavy (non-hydrogen) atoms. The molecular formula is C11H9BrO2. The zero-order valence-corrected chi connectivity index (χ0v) is 9.51. The van der Waals surface area contributed by atoms with Gasteiger partial charge in [-0.1, -0.05) is 27.9 Å². The molecule has 0 unspecified atom stereocenters. The summed E-state index contributed by atoms with van der Waals surface area (Å²) in [7, 11) is 1.31. The molecule has 72 valence electrons. The van der Waals surface area contributed by atoms with E-state index in [0.29, 0.717) is 0 Å². The van der Waals surface area contributed by atoms with Gasteiger partial charge in [0.2, 0.25) is 0 Å². The highest BCUT2D eigenvalue weighted by molar-refractivity contribution is 9.10. The van der Waals surface area contributed by atoms with Crippen molar-refractivity contribution in [2.75, 3.05) is 7.11 Å². The Morgan fingerprint density at radius 1 is 1.50 bits per heavy atom. The molecule has 1 rings (SSSR count). The molecule has 0 spiro atoms. The van der Waals surface area contributed by atoms with Crippen LogP contribution in [0.4, 0.5) is 0 Å². The molecule has 0 N–H and O–H groups in total. The maximum atomic E-state index is 10.8. The summed E-state index contributed by atoms with van der Waals surface area (Å²) in [5.74, 6) is 4.61. The van der Waals surface area contributed by atoms with Gasteiger partial charge < -0.3 is 4.74 Å². The number of methoxy groups -OCH3 is 1. The number of hydrogen-bond acceptors (Lipinski definition) is 2. The summed E-state index contributed by atoms with van der Waals surface area (Å²) in [6.45, 7) is 1.94. The first kappa shape index (κ1) is 10.8. The highest BCUT2D eigenvalue weighted by atomic mass is 79.9. The van der Waals surface area contributed by atoms with Crippen molar-refractivity contribution in [2.24, 2.45) is 0 Å². The number of esters is 1. The summed E-state index contributed by atoms with van der Waals surface area (Å²) in [5, 5.41) is 0. The Morgan fingerprint density at radius 3 is 2.86 bits per heavy atom. The summed E-state index contributed by atoms with van der Waals surface area (Å²) in [6, 6.07) is 5.66. The number of carbonyl (C=O) groups is 1. The van der Waals surface area contributed by atoms with Crippen LogP contribution in [-0.4, -0.2) is 13.1 Å². The van der Waals surface area contributed by atoms with E-state index in [0.717, 1.165) is 15.6 Å². The van der Waals surface area contributed by atoms with Gasteiger partial charge in [-0.05, 0) is 24.6 Å². The smallest absolute Gasteiger partial charge is 0.384 e. The van der Waals surface area contributed by atoms with Crippen molar-refractivity contribution in [1.82, 2.24) is 0 Å². The van der Waals surface area contributed by atoms with E-state index in [1.165, 1.54) is 7.11 Å². The van der Waals surface area contributed by atoms with Crippen LogP contribution in [0.2, 0.25) is 0 Å². The molecule has 0 saturated carbocycles. The Balaban J connectivity index is 3.01. The molecule has 0 atom stereocenters. The molecule has 2 nitrogen and oxygen atoms in total. The number of carbonyl (C=O) groups excluding carboxylic acids is 1. The fourth-order valence-corrected chi connectivity index (χ4v) is 1.28. The minimum absolute atomic E-state index is 0.524. The van der Waals surface area contributed by atoms with Gasteiger partial charge in [0, 0.05) is 16.0 Å². The van der Waals surface area contributed by atoms with Crippen LogP contribution < -0.4 is 0 Å². The van der Waals surface area contributed by atoms with Crippen LogP contribution in [0.15, 0.2) is 22.7 Å². The normalized spacial score (nSPS) is 8.79. The molecule has 1 aromatic carbocycles. The first-order chi connectivity index (χ1) is 6.65. The minimum Gasteiger partial charge on any atom is -0.459 e. The molecule has 0 bridgehead atoms. The lowest BCUT2D eigenvalue weighted by Gasteiger charge is -1.99. The molecule has 0 aliphatic rings. The fraction of sp³-hybridized carbons (Fsp3) is 0.182. The van der Waals surface area contributed by atoms with Gasteiger partial charge in [-0.3, -0.25) is 0 Å². The lowest BCUT2D eigenvalue weighted by atomic mass is 10.1. The predicted octanol–water partition coefficient (Wildman–Crippen LogP) is 2.28. The monoisotopic (exact) mass is 252 g/mol. The zero-order valence-electron chi connectivity index (χ0n) is 7.93. The van der Waals surface area contributed by atoms with Crippen LogP contribution in [0.25, 0.3) is 0 Å². The lowest BCUT2D eigenvalue weighted by Crippen LogP contribution is -1.94. The molecule has 0 amide bonds. The summed E-state index contributed by atoms with van der Waals surface area (Å²) < 4.78 is 5.40. The SMILES string of the molecule is COC(=O)C#Cc1cccc(Br)c1C. The van der Waals surface area contributed by atoms with Crippen molar-refractivity contribution in [3.63, 3.8) is 0 Å². The second-order valence-corrected chi connectivity index (χ2v) is 3.51. The van der Waals surface area contributed by atoms with E-state index >= 15 is 0 Å². The number of ether oxygens (including phenoxy) is 1. The van der Waals surface area contributed by atoms with E-state index in [2.05, 4.69) is 32.5 Å². The largest absolute Gasteiger partial charge is 0.459 e. The van der Waals surface area contributed by atoms with E-state index in [1.54, 1.807) is 0 Å². The first-order valence-electron chi connectivity index (χ1n) is 4.00. The van der Waals surface area contributed by atoms with Crippen LogP contribution in [0.3, 0.4) is 0 Å². The summed E-state index contributed by atoms with van der Waals surface area (Å²) in [5.41, 5.74) is 1.84. The molecule has 0 saturated heterocycles. The van der Waals surface area contributed by atoms with Crippen LogP contribution in [0, 0.1) is 18.8 Å². The maximum absolute atomic E-state index is 10.8. The summed E-state index contributed by atoms with van der Waals surface area (Å²) >= 11 is 3.39. The van der Waals surface area contributed by atoms with Crippen LogP contribution >= 0.6 is 15.9 Å². The average molecular weight is 253 g/mol. The Morgan fingerprint density at radius 2 is 2.21 bits per heavy atom. The van der Waals surface area contributed by atoms with Gasteiger partial charge in [-0.25, -0.2) is 4.79 Å². The highest BCUT2D eigenvalue weighted by Gasteiger charge is 1.98. The number of halogens is 1. The second-order valence-electron chi connectivity index (χ2n) is 2.65. The quantitative estimate of drug-likeness (QED) is 0.523. The van der Waals surface area contributed by atoms with Crippen molar-refractivity contribution in [2.45, 2.75) is 6.92 Å². The number of rotatable bonds is 0. The van der Waals surface area contributed by atoms with Crippen molar-refractivity contribution >= 4 is 21.9 Å². The average Bonchev–Trinajstić information content (AvgIpc) is 2.20. The first-order valence-corrected chi connectivity index (χ1v) is 4.79. The summed E-state index contributed by atoms with van der Waals surface area (Å²) in [6.07, 6.45) is 0. The van der Waals surface area contributed by atoms with Crippen LogP contribution in [-0.2, 0) is 9.53 Å². The van der Waals surface area contributed by atoms with E-state index in [4.69, 9.17) is 0 Å². The molecule has 0 aliphatic carbocycles. The van der Waals surface area contributed by atoms with Gasteiger partial charge in [-0.2, -0.15) is 0 Å². The summed E-state index contributed by atoms with van der Waals surface area (Å²) in [4.78, 5) is 10.8. The second kappa shape index (κ2) is 4.83. The van der Waals surface area contributed by atoms with Crippen molar-refractivity contribution in [1.29, 1.82) is 0 Å². The molecule has 3 heteroatoms. The van der Waals surface area contributed by atoms with E-state index < -0.39 is 5.97 Å². The molecule has 0 aromatic heterocycles. The third kappa shape index (κ3) is 2.61. The number of benzene rings is 1. The van der Waals surface area contributed by atoms with Gasteiger partial charge in [0.1, 0.15) is 0 Å². The topological polar surface area (TPSA) is 26.3 Å². The molecule has 0 heterocycles. The lowest BCUT2D eigenvalue weighted by molar-refractivity contribution is -0.133. The van der Waals surface area contributed by atoms with E-state index in [9.17, 15) is 4.79 Å². The minimum atomic E-state index is -0.524. The van der Waals surface area contributed by atoms with Crippen LogP contribution in [0.1, 0.15) is 11.1 Å². The fourth-order valence-electron chi connectivity index (χ4n) is 0.912. The third-order valence-electron chi connectivity index (χ3n) is 1.75. The maximum Gasteiger partial charge on any atom is 0.384 e. The Bertz CT molecular complexity index is 413. The van der Waals surface area contributed by atoms with Gasteiger partial charge in [-0.15, -0.1) is 0 Å². The third-order valence-corrected chi connectivity index (χ3v) is 2.61. The van der Waals surface area contributed by atoms with Crippen LogP contribution in [0.5, 0.6) is 0 Å². The Labute approximate surface area is 91.4 Å². The molecule has 1 aromatic rings. The van der Waals surface area contributed by atoms with Gasteiger partial charge in [0.25, 0.3) is 0 Å². The Kier molecular flexibility index (Phi) is 3.73. The molecular weight excluding hydrogens is 244 g/mol. The van der Waals surface area contributed by atoms with E-state index in [1.807, 2.05) is 25.1 Å². The highest BCUT2D eigenvalue weighted by Crippen LogP contribution is 2.18. The Hall–Kier alpha value is -1.27. The zero-order chi connectivity index (χ0) is 10.6. The predicted molar refractivity (Wildman–Crippen MR) is 57.8 cm³/mol. The molecule has 0 radical (unpaired) electrons. The van der Waals surface area contributed by atoms with Gasteiger partial charge >= 0.3 is 5.97 Å². The molecule has 0 aliphatic heterocycles. The van der Waals surface area contributed by atoms with E-state index in [-0.39, 0.29) is 0 Å². The standard InChI is InChI=1S/C11H9BrO2/c1-8-9(4-3-5-10(8)12)6-7-11(13)14-2/h3-5H,1-2H3. The van der Waals surface area contributed by atoms with Gasteiger partial charge in [0.15, 0.2) is 0 Å².